The van der Waals surface area contributed by atoms with Gasteiger partial charge in [0.25, 0.3) is 0 Å². The van der Waals surface area contributed by atoms with E-state index < -0.39 is 0 Å². The van der Waals surface area contributed by atoms with E-state index in [0.717, 1.165) is 17.8 Å². The van der Waals surface area contributed by atoms with Crippen LogP contribution in [0.3, 0.4) is 0 Å². The molecular formula is C21H41N. The van der Waals surface area contributed by atoms with Gasteiger partial charge < -0.3 is 4.90 Å². The van der Waals surface area contributed by atoms with Crippen LogP contribution in [-0.4, -0.2) is 25.5 Å². The van der Waals surface area contributed by atoms with Crippen molar-refractivity contribution in [2.75, 3.05) is 20.6 Å². The second-order valence-electron chi connectivity index (χ2n) is 8.33. The van der Waals surface area contributed by atoms with Crippen LogP contribution in [0.4, 0.5) is 0 Å². The van der Waals surface area contributed by atoms with Crippen LogP contribution in [0.2, 0.25) is 0 Å². The molecule has 0 fully saturated rings. The van der Waals surface area contributed by atoms with Crippen LogP contribution in [0.1, 0.15) is 85.0 Å². The molecule has 0 saturated carbocycles. The molecule has 0 N–H and O–H groups in total. The molecule has 130 valence electrons. The molecule has 0 aromatic rings. The first kappa shape index (κ1) is 19.7. The van der Waals surface area contributed by atoms with Gasteiger partial charge in [0.2, 0.25) is 0 Å². The molecule has 0 aromatic heterocycles. The Balaban J connectivity index is 2.14. The lowest BCUT2D eigenvalue weighted by Gasteiger charge is -2.29. The van der Waals surface area contributed by atoms with Crippen molar-refractivity contribution in [3.63, 3.8) is 0 Å². The molecule has 2 atom stereocenters. The Hall–Kier alpha value is -0.300. The lowest BCUT2D eigenvalue weighted by atomic mass is 9.77. The molecule has 0 spiro atoms. The highest BCUT2D eigenvalue weighted by atomic mass is 15.0. The Bertz CT molecular complexity index is 303. The van der Waals surface area contributed by atoms with E-state index >= 15 is 0 Å². The van der Waals surface area contributed by atoms with Crippen LogP contribution in [0.15, 0.2) is 11.6 Å². The third-order valence-corrected chi connectivity index (χ3v) is 5.31. The summed E-state index contributed by atoms with van der Waals surface area (Å²) in [5.41, 5.74) is 1.76. The first-order valence-corrected chi connectivity index (χ1v) is 9.81. The van der Waals surface area contributed by atoms with E-state index in [1.165, 1.54) is 70.8 Å². The predicted molar refractivity (Wildman–Crippen MR) is 100 cm³/mol. The van der Waals surface area contributed by atoms with Crippen molar-refractivity contribution in [2.45, 2.75) is 85.0 Å². The minimum absolute atomic E-state index is 0.871. The van der Waals surface area contributed by atoms with Crippen LogP contribution in [0, 0.1) is 17.8 Å². The van der Waals surface area contributed by atoms with Crippen molar-refractivity contribution in [1.29, 1.82) is 0 Å². The highest BCUT2D eigenvalue weighted by Crippen LogP contribution is 2.34. The maximum absolute atomic E-state index is 2.60. The maximum Gasteiger partial charge on any atom is -0.00248 e. The predicted octanol–water partition coefficient (Wildman–Crippen LogP) is 6.30. The zero-order valence-corrected chi connectivity index (χ0v) is 16.0. The molecule has 1 aliphatic carbocycles. The molecule has 1 rings (SSSR count). The first-order chi connectivity index (χ1) is 10.5. The molecule has 0 aliphatic heterocycles. The minimum atomic E-state index is 0.871. The molecule has 0 bridgehead atoms. The van der Waals surface area contributed by atoms with Crippen LogP contribution in [0.5, 0.6) is 0 Å². The second kappa shape index (κ2) is 11.3. The number of unbranched alkanes of at least 4 members (excludes halogenated alkanes) is 3. The van der Waals surface area contributed by atoms with E-state index in [1.54, 1.807) is 5.57 Å². The highest BCUT2D eigenvalue weighted by Gasteiger charge is 2.21. The summed E-state index contributed by atoms with van der Waals surface area (Å²) in [6.07, 6.45) is 16.6. The number of allylic oxidation sites excluding steroid dienone is 2. The molecule has 1 heteroatoms. The van der Waals surface area contributed by atoms with Crippen LogP contribution < -0.4 is 0 Å². The van der Waals surface area contributed by atoms with Gasteiger partial charge in [0.05, 0.1) is 0 Å². The summed E-state index contributed by atoms with van der Waals surface area (Å²) >= 11 is 0. The second-order valence-corrected chi connectivity index (χ2v) is 8.33. The molecule has 1 aliphatic rings. The lowest BCUT2D eigenvalue weighted by Crippen LogP contribution is -2.17. The summed E-state index contributed by atoms with van der Waals surface area (Å²) < 4.78 is 0. The Labute approximate surface area is 140 Å². The van der Waals surface area contributed by atoms with Gasteiger partial charge in [-0.25, -0.2) is 0 Å². The summed E-state index contributed by atoms with van der Waals surface area (Å²) in [4.78, 5) is 2.30. The van der Waals surface area contributed by atoms with Crippen LogP contribution in [0.25, 0.3) is 0 Å². The Morgan fingerprint density at radius 1 is 1.09 bits per heavy atom. The van der Waals surface area contributed by atoms with Gasteiger partial charge >= 0.3 is 0 Å². The fraction of sp³-hybridized carbons (Fsp3) is 0.905. The summed E-state index contributed by atoms with van der Waals surface area (Å²) in [5, 5.41) is 0. The van der Waals surface area contributed by atoms with E-state index in [0.29, 0.717) is 0 Å². The highest BCUT2D eigenvalue weighted by molar-refractivity contribution is 5.08. The monoisotopic (exact) mass is 307 g/mol. The molecular weight excluding hydrogens is 266 g/mol. The van der Waals surface area contributed by atoms with Gasteiger partial charge in [-0.3, -0.25) is 0 Å². The number of nitrogens with zero attached hydrogens (tertiary/aromatic N) is 1. The van der Waals surface area contributed by atoms with Crippen molar-refractivity contribution < 1.29 is 0 Å². The fourth-order valence-corrected chi connectivity index (χ4v) is 3.74. The van der Waals surface area contributed by atoms with Crippen molar-refractivity contribution in [3.8, 4) is 0 Å². The number of hydrogen-bond acceptors (Lipinski definition) is 1. The molecule has 0 amide bonds. The van der Waals surface area contributed by atoms with Crippen molar-refractivity contribution in [3.05, 3.63) is 11.6 Å². The van der Waals surface area contributed by atoms with Crippen LogP contribution in [-0.2, 0) is 0 Å². The summed E-state index contributed by atoms with van der Waals surface area (Å²) in [7, 11) is 4.35. The molecule has 0 saturated heterocycles. The maximum atomic E-state index is 2.60. The zero-order valence-electron chi connectivity index (χ0n) is 16.0. The van der Waals surface area contributed by atoms with E-state index in [2.05, 4.69) is 45.8 Å². The van der Waals surface area contributed by atoms with Gasteiger partial charge in [0.1, 0.15) is 0 Å². The van der Waals surface area contributed by atoms with Crippen LogP contribution >= 0.6 is 0 Å². The van der Waals surface area contributed by atoms with Gasteiger partial charge in [0.15, 0.2) is 0 Å². The van der Waals surface area contributed by atoms with E-state index in [9.17, 15) is 0 Å². The Morgan fingerprint density at radius 3 is 2.50 bits per heavy atom. The quantitative estimate of drug-likeness (QED) is 0.320. The van der Waals surface area contributed by atoms with Gasteiger partial charge in [-0.1, -0.05) is 58.1 Å². The van der Waals surface area contributed by atoms with Gasteiger partial charge in [0, 0.05) is 0 Å². The minimum Gasteiger partial charge on any atom is -0.309 e. The topological polar surface area (TPSA) is 3.24 Å². The number of rotatable bonds is 11. The van der Waals surface area contributed by atoms with Gasteiger partial charge in [-0.05, 0) is 76.9 Å². The molecule has 0 aromatic carbocycles. The summed E-state index contributed by atoms with van der Waals surface area (Å²) in [6, 6.07) is 0. The Kier molecular flexibility index (Phi) is 10.1. The van der Waals surface area contributed by atoms with Gasteiger partial charge in [-0.15, -0.1) is 0 Å². The SMILES string of the molecule is CC(C)CCCCC1=CCC(CCCCCN(C)C)C(C)C1. The molecule has 0 radical (unpaired) electrons. The largest absolute Gasteiger partial charge is 0.309 e. The lowest BCUT2D eigenvalue weighted by molar-refractivity contribution is 0.302. The average molecular weight is 308 g/mol. The molecule has 2 unspecified atom stereocenters. The summed E-state index contributed by atoms with van der Waals surface area (Å²) in [6.45, 7) is 8.42. The zero-order chi connectivity index (χ0) is 16.4. The van der Waals surface area contributed by atoms with E-state index in [4.69, 9.17) is 0 Å². The fourth-order valence-electron chi connectivity index (χ4n) is 3.74. The van der Waals surface area contributed by atoms with E-state index in [1.807, 2.05) is 0 Å². The number of hydrogen-bond donors (Lipinski definition) is 0. The molecule has 1 nitrogen and oxygen atoms in total. The molecule has 22 heavy (non-hydrogen) atoms. The average Bonchev–Trinajstić information content (AvgIpc) is 2.44. The van der Waals surface area contributed by atoms with Crippen molar-refractivity contribution in [1.82, 2.24) is 4.90 Å². The Morgan fingerprint density at radius 2 is 1.86 bits per heavy atom. The third kappa shape index (κ3) is 8.98. The summed E-state index contributed by atoms with van der Waals surface area (Å²) in [5.74, 6) is 2.74. The van der Waals surface area contributed by atoms with Gasteiger partial charge in [-0.2, -0.15) is 0 Å². The van der Waals surface area contributed by atoms with Crippen molar-refractivity contribution >= 4 is 0 Å². The van der Waals surface area contributed by atoms with Crippen molar-refractivity contribution in [2.24, 2.45) is 17.8 Å². The third-order valence-electron chi connectivity index (χ3n) is 5.31. The smallest absolute Gasteiger partial charge is 0.00248 e. The standard InChI is InChI=1S/C21H41N/c1-18(2)11-8-9-12-20-14-15-21(19(3)17-20)13-7-6-10-16-22(4)5/h14,18-19,21H,6-13,15-17H2,1-5H3. The molecule has 0 heterocycles. The normalized spacial score (nSPS) is 22.4. The van der Waals surface area contributed by atoms with E-state index in [-0.39, 0.29) is 0 Å². The first-order valence-electron chi connectivity index (χ1n) is 9.81.